The van der Waals surface area contributed by atoms with Gasteiger partial charge in [0.25, 0.3) is 0 Å². The summed E-state index contributed by atoms with van der Waals surface area (Å²) in [5.74, 6) is 1.53. The molecule has 0 aliphatic heterocycles. The monoisotopic (exact) mass is 307 g/mol. The molecule has 5 heteroatoms. The molecule has 0 unspecified atom stereocenters. The smallest absolute Gasteiger partial charge is 0.161 e. The first-order valence-electron chi connectivity index (χ1n) is 6.84. The summed E-state index contributed by atoms with van der Waals surface area (Å²) in [6, 6.07) is 8.06. The van der Waals surface area contributed by atoms with Crippen LogP contribution < -0.4 is 14.8 Å². The van der Waals surface area contributed by atoms with Crippen LogP contribution in [0.2, 0.25) is 0 Å². The molecule has 0 atom stereocenters. The second-order valence-corrected chi connectivity index (χ2v) is 5.36. The van der Waals surface area contributed by atoms with Crippen molar-refractivity contribution in [1.82, 2.24) is 5.32 Å². The summed E-state index contributed by atoms with van der Waals surface area (Å²) < 4.78 is 16.2. The van der Waals surface area contributed by atoms with E-state index in [-0.39, 0.29) is 0 Å². The number of nitrogens with one attached hydrogen (secondary N) is 1. The lowest BCUT2D eigenvalue weighted by Gasteiger charge is -2.12. The van der Waals surface area contributed by atoms with Gasteiger partial charge in [-0.2, -0.15) is 11.3 Å². The lowest BCUT2D eigenvalue weighted by atomic mass is 10.2. The second kappa shape index (κ2) is 8.67. The summed E-state index contributed by atoms with van der Waals surface area (Å²) in [5, 5.41) is 7.45. The molecule has 114 valence electrons. The van der Waals surface area contributed by atoms with Crippen molar-refractivity contribution in [3.8, 4) is 11.5 Å². The van der Waals surface area contributed by atoms with Crippen molar-refractivity contribution in [3.63, 3.8) is 0 Å². The molecule has 0 saturated heterocycles. The van der Waals surface area contributed by atoms with Crippen LogP contribution in [-0.2, 0) is 17.9 Å². The van der Waals surface area contributed by atoms with Crippen LogP contribution in [0.3, 0.4) is 0 Å². The molecule has 1 heterocycles. The molecule has 1 N–H and O–H groups in total. The SMILES string of the molecule is COCCNCc1ccc(OC)c(OCc2ccsc2)c1. The normalized spacial score (nSPS) is 10.6. The first-order chi connectivity index (χ1) is 10.3. The van der Waals surface area contributed by atoms with E-state index in [1.54, 1.807) is 25.6 Å². The maximum absolute atomic E-state index is 5.87. The van der Waals surface area contributed by atoms with Crippen LogP contribution in [0.1, 0.15) is 11.1 Å². The van der Waals surface area contributed by atoms with E-state index in [2.05, 4.69) is 16.8 Å². The number of methoxy groups -OCH3 is 2. The molecule has 0 amide bonds. The van der Waals surface area contributed by atoms with Crippen molar-refractivity contribution in [3.05, 3.63) is 46.2 Å². The van der Waals surface area contributed by atoms with Gasteiger partial charge in [-0.1, -0.05) is 6.07 Å². The van der Waals surface area contributed by atoms with Gasteiger partial charge in [0.15, 0.2) is 11.5 Å². The highest BCUT2D eigenvalue weighted by Crippen LogP contribution is 2.29. The molecule has 0 radical (unpaired) electrons. The summed E-state index contributed by atoms with van der Waals surface area (Å²) >= 11 is 1.67. The van der Waals surface area contributed by atoms with E-state index >= 15 is 0 Å². The van der Waals surface area contributed by atoms with Crippen LogP contribution in [-0.4, -0.2) is 27.4 Å². The lowest BCUT2D eigenvalue weighted by Crippen LogP contribution is -2.18. The fourth-order valence-corrected chi connectivity index (χ4v) is 2.54. The molecule has 4 nitrogen and oxygen atoms in total. The zero-order valence-corrected chi connectivity index (χ0v) is 13.2. The number of hydrogen-bond acceptors (Lipinski definition) is 5. The van der Waals surface area contributed by atoms with Crippen molar-refractivity contribution in [2.24, 2.45) is 0 Å². The summed E-state index contributed by atoms with van der Waals surface area (Å²) in [4.78, 5) is 0. The predicted octanol–water partition coefficient (Wildman–Crippen LogP) is 3.07. The van der Waals surface area contributed by atoms with E-state index < -0.39 is 0 Å². The fourth-order valence-electron chi connectivity index (χ4n) is 1.89. The molecule has 21 heavy (non-hydrogen) atoms. The third-order valence-electron chi connectivity index (χ3n) is 3.01. The van der Waals surface area contributed by atoms with Crippen molar-refractivity contribution in [1.29, 1.82) is 0 Å². The minimum atomic E-state index is 0.556. The van der Waals surface area contributed by atoms with Gasteiger partial charge in [0.2, 0.25) is 0 Å². The zero-order valence-electron chi connectivity index (χ0n) is 12.4. The summed E-state index contributed by atoms with van der Waals surface area (Å²) in [7, 11) is 3.36. The van der Waals surface area contributed by atoms with E-state index in [4.69, 9.17) is 14.2 Å². The Hall–Kier alpha value is -1.56. The van der Waals surface area contributed by atoms with Gasteiger partial charge in [0.1, 0.15) is 6.61 Å². The molecule has 0 spiro atoms. The topological polar surface area (TPSA) is 39.7 Å². The third kappa shape index (κ3) is 5.04. The maximum Gasteiger partial charge on any atom is 0.161 e. The second-order valence-electron chi connectivity index (χ2n) is 4.58. The standard InChI is InChI=1S/C16H21NO3S/c1-18-7-6-17-10-13-3-4-15(19-2)16(9-13)20-11-14-5-8-21-12-14/h3-5,8-9,12,17H,6-7,10-11H2,1-2H3. The maximum atomic E-state index is 5.87. The van der Waals surface area contributed by atoms with E-state index in [1.165, 1.54) is 5.56 Å². The van der Waals surface area contributed by atoms with Gasteiger partial charge in [0.05, 0.1) is 13.7 Å². The Balaban J connectivity index is 1.96. The quantitative estimate of drug-likeness (QED) is 0.723. The Labute approximate surface area is 129 Å². The van der Waals surface area contributed by atoms with Crippen LogP contribution in [0.4, 0.5) is 0 Å². The summed E-state index contributed by atoms with van der Waals surface area (Å²) in [6.45, 7) is 2.87. The number of hydrogen-bond donors (Lipinski definition) is 1. The summed E-state index contributed by atoms with van der Waals surface area (Å²) in [5.41, 5.74) is 2.33. The minimum Gasteiger partial charge on any atom is -0.493 e. The van der Waals surface area contributed by atoms with E-state index in [9.17, 15) is 0 Å². The average molecular weight is 307 g/mol. The van der Waals surface area contributed by atoms with Crippen molar-refractivity contribution < 1.29 is 14.2 Å². The van der Waals surface area contributed by atoms with Crippen LogP contribution in [0, 0.1) is 0 Å². The number of benzene rings is 1. The number of thiophene rings is 1. The van der Waals surface area contributed by atoms with Gasteiger partial charge in [-0.15, -0.1) is 0 Å². The minimum absolute atomic E-state index is 0.556. The molecular formula is C16H21NO3S. The average Bonchev–Trinajstić information content (AvgIpc) is 3.03. The molecule has 0 aliphatic rings. The van der Waals surface area contributed by atoms with Gasteiger partial charge in [-0.25, -0.2) is 0 Å². The van der Waals surface area contributed by atoms with Crippen LogP contribution in [0.25, 0.3) is 0 Å². The first kappa shape index (κ1) is 15.8. The predicted molar refractivity (Wildman–Crippen MR) is 85.2 cm³/mol. The molecule has 0 saturated carbocycles. The molecule has 2 aromatic rings. The molecule has 1 aromatic carbocycles. The van der Waals surface area contributed by atoms with Gasteiger partial charge < -0.3 is 19.5 Å². The Morgan fingerprint density at radius 2 is 2.00 bits per heavy atom. The van der Waals surface area contributed by atoms with Crippen molar-refractivity contribution in [2.75, 3.05) is 27.4 Å². The largest absolute Gasteiger partial charge is 0.493 e. The van der Waals surface area contributed by atoms with Crippen LogP contribution in [0.5, 0.6) is 11.5 Å². The van der Waals surface area contributed by atoms with E-state index in [1.807, 2.05) is 23.6 Å². The van der Waals surface area contributed by atoms with E-state index in [0.717, 1.165) is 30.2 Å². The first-order valence-corrected chi connectivity index (χ1v) is 7.78. The van der Waals surface area contributed by atoms with Gasteiger partial charge in [-0.05, 0) is 40.1 Å². The van der Waals surface area contributed by atoms with Gasteiger partial charge in [-0.3, -0.25) is 0 Å². The Morgan fingerprint density at radius 3 is 2.71 bits per heavy atom. The Bertz CT molecular complexity index is 528. The highest BCUT2D eigenvalue weighted by molar-refractivity contribution is 7.07. The van der Waals surface area contributed by atoms with E-state index in [0.29, 0.717) is 13.2 Å². The molecule has 1 aromatic heterocycles. The number of rotatable bonds is 9. The molecular weight excluding hydrogens is 286 g/mol. The molecule has 2 rings (SSSR count). The van der Waals surface area contributed by atoms with Crippen LogP contribution >= 0.6 is 11.3 Å². The molecule has 0 fully saturated rings. The Kier molecular flexibility index (Phi) is 6.53. The Morgan fingerprint density at radius 1 is 1.10 bits per heavy atom. The van der Waals surface area contributed by atoms with Crippen molar-refractivity contribution in [2.45, 2.75) is 13.2 Å². The van der Waals surface area contributed by atoms with Gasteiger partial charge in [0, 0.05) is 20.2 Å². The zero-order chi connectivity index (χ0) is 14.9. The molecule has 0 aliphatic carbocycles. The van der Waals surface area contributed by atoms with Crippen LogP contribution in [0.15, 0.2) is 35.0 Å². The highest BCUT2D eigenvalue weighted by Gasteiger charge is 2.06. The number of ether oxygens (including phenoxy) is 3. The molecule has 0 bridgehead atoms. The summed E-state index contributed by atoms with van der Waals surface area (Å²) in [6.07, 6.45) is 0. The fraction of sp³-hybridized carbons (Fsp3) is 0.375. The van der Waals surface area contributed by atoms with Gasteiger partial charge >= 0.3 is 0 Å². The van der Waals surface area contributed by atoms with Crippen molar-refractivity contribution >= 4 is 11.3 Å². The highest BCUT2D eigenvalue weighted by atomic mass is 32.1. The third-order valence-corrected chi connectivity index (χ3v) is 3.75. The lowest BCUT2D eigenvalue weighted by molar-refractivity contribution is 0.199.